The molecule has 0 radical (unpaired) electrons. The molecule has 2 aromatic carbocycles. The van der Waals surface area contributed by atoms with Crippen LogP contribution in [0.2, 0.25) is 0 Å². The molecule has 0 bridgehead atoms. The molecule has 0 saturated heterocycles. The highest BCUT2D eigenvalue weighted by atomic mass is 127. The number of rotatable bonds is 5. The maximum absolute atomic E-state index is 11.4. The molecular formula is C13H13I2N3O4S2. The van der Waals surface area contributed by atoms with Crippen molar-refractivity contribution in [2.75, 3.05) is 5.32 Å². The Balaban J connectivity index is 2.21. The van der Waals surface area contributed by atoms with Crippen LogP contribution in [0, 0.1) is 7.14 Å². The Morgan fingerprint density at radius 3 is 1.71 bits per heavy atom. The first kappa shape index (κ1) is 19.8. The number of nitrogens with one attached hydrogen (secondary N) is 1. The average molecular weight is 593 g/mol. The minimum absolute atomic E-state index is 0.0490. The van der Waals surface area contributed by atoms with Crippen molar-refractivity contribution in [3.05, 3.63) is 49.1 Å². The number of nitrogens with two attached hydrogens (primary N) is 2. The summed E-state index contributed by atoms with van der Waals surface area (Å²) in [4.78, 5) is 0.104. The fourth-order valence-electron chi connectivity index (χ4n) is 1.87. The van der Waals surface area contributed by atoms with Gasteiger partial charge in [0.2, 0.25) is 20.0 Å². The molecule has 7 nitrogen and oxygen atoms in total. The van der Waals surface area contributed by atoms with Crippen LogP contribution < -0.4 is 15.6 Å². The topological polar surface area (TPSA) is 132 Å². The first-order valence-electron chi connectivity index (χ1n) is 6.36. The molecule has 0 aliphatic carbocycles. The van der Waals surface area contributed by atoms with Crippen molar-refractivity contribution in [3.63, 3.8) is 0 Å². The van der Waals surface area contributed by atoms with E-state index in [1.54, 1.807) is 12.1 Å². The van der Waals surface area contributed by atoms with Crippen LogP contribution in [0.3, 0.4) is 0 Å². The SMILES string of the molecule is NS(=O)(=O)c1ccc(CNc2c(I)cc(S(N)(=O)=O)cc2I)cc1. The molecule has 0 unspecified atom stereocenters. The highest BCUT2D eigenvalue weighted by Gasteiger charge is 2.14. The molecule has 0 aromatic heterocycles. The zero-order valence-electron chi connectivity index (χ0n) is 12.0. The molecule has 0 spiro atoms. The Bertz CT molecular complexity index is 952. The predicted molar refractivity (Wildman–Crippen MR) is 108 cm³/mol. The third-order valence-corrected chi connectivity index (χ3v) is 6.59. The van der Waals surface area contributed by atoms with E-state index < -0.39 is 20.0 Å². The van der Waals surface area contributed by atoms with Gasteiger partial charge < -0.3 is 5.32 Å². The molecule has 0 amide bonds. The van der Waals surface area contributed by atoms with Gasteiger partial charge >= 0.3 is 0 Å². The van der Waals surface area contributed by atoms with E-state index in [0.29, 0.717) is 13.7 Å². The van der Waals surface area contributed by atoms with Crippen LogP contribution in [-0.2, 0) is 26.6 Å². The molecule has 0 fully saturated rings. The van der Waals surface area contributed by atoms with Gasteiger partial charge in [-0.1, -0.05) is 12.1 Å². The summed E-state index contributed by atoms with van der Waals surface area (Å²) in [6.07, 6.45) is 0. The van der Waals surface area contributed by atoms with E-state index in [4.69, 9.17) is 10.3 Å². The van der Waals surface area contributed by atoms with Crippen LogP contribution in [0.15, 0.2) is 46.2 Å². The van der Waals surface area contributed by atoms with Crippen LogP contribution in [-0.4, -0.2) is 16.8 Å². The summed E-state index contributed by atoms with van der Waals surface area (Å²) in [6.45, 7) is 0.436. The number of sulfonamides is 2. The van der Waals surface area contributed by atoms with Gasteiger partial charge in [-0.25, -0.2) is 27.1 Å². The smallest absolute Gasteiger partial charge is 0.238 e. The van der Waals surface area contributed by atoms with Gasteiger partial charge in [0.25, 0.3) is 0 Å². The first-order valence-corrected chi connectivity index (χ1v) is 11.6. The number of halogens is 2. The summed E-state index contributed by atoms with van der Waals surface area (Å²) in [6, 6.07) is 9.17. The van der Waals surface area contributed by atoms with Crippen molar-refractivity contribution in [2.45, 2.75) is 16.3 Å². The Morgan fingerprint density at radius 2 is 1.29 bits per heavy atom. The van der Waals surface area contributed by atoms with Gasteiger partial charge in [0, 0.05) is 13.7 Å². The normalized spacial score (nSPS) is 12.2. The molecule has 0 heterocycles. The zero-order valence-corrected chi connectivity index (χ0v) is 18.0. The van der Waals surface area contributed by atoms with Crippen LogP contribution in [0.1, 0.15) is 5.56 Å². The van der Waals surface area contributed by atoms with Crippen molar-refractivity contribution in [3.8, 4) is 0 Å². The first-order chi connectivity index (χ1) is 11.0. The standard InChI is InChI=1S/C13H13I2N3O4S2/c14-11-5-10(24(17,21)22)6-12(15)13(11)18-7-8-1-3-9(4-2-8)23(16,19)20/h1-6,18H,7H2,(H2,16,19,20)(H2,17,21,22). The van der Waals surface area contributed by atoms with E-state index >= 15 is 0 Å². The highest BCUT2D eigenvalue weighted by Crippen LogP contribution is 2.28. The van der Waals surface area contributed by atoms with E-state index in [-0.39, 0.29) is 9.79 Å². The van der Waals surface area contributed by atoms with Gasteiger partial charge in [-0.2, -0.15) is 0 Å². The molecular weight excluding hydrogens is 580 g/mol. The van der Waals surface area contributed by atoms with E-state index in [0.717, 1.165) is 11.3 Å². The van der Waals surface area contributed by atoms with Crippen molar-refractivity contribution in [2.24, 2.45) is 10.3 Å². The molecule has 0 aliphatic rings. The van der Waals surface area contributed by atoms with Crippen LogP contribution >= 0.6 is 45.2 Å². The summed E-state index contributed by atoms with van der Waals surface area (Å²) < 4.78 is 46.7. The molecule has 0 saturated carbocycles. The van der Waals surface area contributed by atoms with Gasteiger partial charge in [-0.05, 0) is 75.0 Å². The number of benzene rings is 2. The molecule has 0 aliphatic heterocycles. The van der Waals surface area contributed by atoms with Crippen LogP contribution in [0.4, 0.5) is 5.69 Å². The summed E-state index contributed by atoms with van der Waals surface area (Å²) in [5.41, 5.74) is 1.63. The lowest BCUT2D eigenvalue weighted by atomic mass is 10.2. The van der Waals surface area contributed by atoms with Crippen LogP contribution in [0.5, 0.6) is 0 Å². The lowest BCUT2D eigenvalue weighted by Crippen LogP contribution is -2.14. The van der Waals surface area contributed by atoms with Crippen molar-refractivity contribution in [1.82, 2.24) is 0 Å². The third-order valence-electron chi connectivity index (χ3n) is 3.07. The monoisotopic (exact) mass is 593 g/mol. The van der Waals surface area contributed by atoms with E-state index in [9.17, 15) is 16.8 Å². The Morgan fingerprint density at radius 1 is 0.833 bits per heavy atom. The number of hydrogen-bond acceptors (Lipinski definition) is 5. The maximum atomic E-state index is 11.4. The second kappa shape index (κ2) is 7.41. The summed E-state index contributed by atoms with van der Waals surface area (Å²) >= 11 is 4.05. The number of anilines is 1. The van der Waals surface area contributed by atoms with E-state index in [1.807, 2.05) is 45.2 Å². The minimum atomic E-state index is -3.76. The fourth-order valence-corrected chi connectivity index (χ4v) is 5.52. The largest absolute Gasteiger partial charge is 0.379 e. The average Bonchev–Trinajstić information content (AvgIpc) is 2.44. The lowest BCUT2D eigenvalue weighted by Gasteiger charge is -2.13. The lowest BCUT2D eigenvalue weighted by molar-refractivity contribution is 0.596. The minimum Gasteiger partial charge on any atom is -0.379 e. The fraction of sp³-hybridized carbons (Fsp3) is 0.0769. The van der Waals surface area contributed by atoms with Crippen molar-refractivity contribution < 1.29 is 16.8 Å². The molecule has 0 atom stereocenters. The predicted octanol–water partition coefficient (Wildman–Crippen LogP) is 1.80. The third kappa shape index (κ3) is 5.01. The van der Waals surface area contributed by atoms with Gasteiger partial charge in [0.1, 0.15) is 0 Å². The molecule has 2 aromatic rings. The molecule has 24 heavy (non-hydrogen) atoms. The van der Waals surface area contributed by atoms with Crippen molar-refractivity contribution in [1.29, 1.82) is 0 Å². The maximum Gasteiger partial charge on any atom is 0.238 e. The molecule has 11 heteroatoms. The number of primary sulfonamides is 2. The van der Waals surface area contributed by atoms with Gasteiger partial charge in [-0.3, -0.25) is 0 Å². The molecule has 2 rings (SSSR count). The van der Waals surface area contributed by atoms with Gasteiger partial charge in [0.15, 0.2) is 0 Å². The van der Waals surface area contributed by atoms with Gasteiger partial charge in [-0.15, -0.1) is 0 Å². The Labute approximate surface area is 167 Å². The Hall–Kier alpha value is -0.480. The second-order valence-electron chi connectivity index (χ2n) is 4.85. The summed E-state index contributed by atoms with van der Waals surface area (Å²) in [5.74, 6) is 0. The number of hydrogen-bond donors (Lipinski definition) is 3. The van der Waals surface area contributed by atoms with Crippen molar-refractivity contribution >= 4 is 70.9 Å². The van der Waals surface area contributed by atoms with E-state index in [2.05, 4.69) is 5.32 Å². The summed E-state index contributed by atoms with van der Waals surface area (Å²) in [7, 11) is -7.47. The highest BCUT2D eigenvalue weighted by molar-refractivity contribution is 14.1. The quantitative estimate of drug-likeness (QED) is 0.456. The summed E-state index contributed by atoms with van der Waals surface area (Å²) in [5, 5.41) is 13.4. The van der Waals surface area contributed by atoms with Crippen LogP contribution in [0.25, 0.3) is 0 Å². The second-order valence-corrected chi connectivity index (χ2v) is 10.3. The molecule has 130 valence electrons. The Kier molecular flexibility index (Phi) is 6.12. The van der Waals surface area contributed by atoms with Gasteiger partial charge in [0.05, 0.1) is 15.5 Å². The molecule has 5 N–H and O–H groups in total. The zero-order chi connectivity index (χ0) is 18.1. The van der Waals surface area contributed by atoms with E-state index in [1.165, 1.54) is 24.3 Å².